The molecule has 0 aromatic heterocycles. The summed E-state index contributed by atoms with van der Waals surface area (Å²) in [5.41, 5.74) is 1.15. The van der Waals surface area contributed by atoms with Crippen LogP contribution in [0.3, 0.4) is 0 Å². The molecule has 0 bridgehead atoms. The third-order valence-electron chi connectivity index (χ3n) is 4.26. The van der Waals surface area contributed by atoms with Crippen molar-refractivity contribution in [2.75, 3.05) is 14.2 Å². The van der Waals surface area contributed by atoms with Gasteiger partial charge in [-0.1, -0.05) is 18.2 Å². The Labute approximate surface area is 175 Å². The fourth-order valence-corrected chi connectivity index (χ4v) is 3.96. The summed E-state index contributed by atoms with van der Waals surface area (Å²) in [6.45, 7) is 1.66. The van der Waals surface area contributed by atoms with Crippen LogP contribution in [-0.2, 0) is 26.2 Å². The maximum Gasteiger partial charge on any atom is 0.305 e. The normalized spacial score (nSPS) is 12.1. The van der Waals surface area contributed by atoms with Crippen LogP contribution < -0.4 is 19.5 Å². The number of hydrogen-bond donors (Lipinski definition) is 3. The van der Waals surface area contributed by atoms with Crippen molar-refractivity contribution in [2.45, 2.75) is 30.8 Å². The number of nitrogens with one attached hydrogen (secondary N) is 2. The van der Waals surface area contributed by atoms with Crippen molar-refractivity contribution in [3.8, 4) is 11.5 Å². The number of amides is 1. The molecule has 3 N–H and O–H groups in total. The molecular formula is C20H24N2O7S. The van der Waals surface area contributed by atoms with Gasteiger partial charge in [0.2, 0.25) is 15.9 Å². The predicted molar refractivity (Wildman–Crippen MR) is 109 cm³/mol. The summed E-state index contributed by atoms with van der Waals surface area (Å²) in [6, 6.07) is 9.61. The Morgan fingerprint density at radius 1 is 1.03 bits per heavy atom. The molecule has 30 heavy (non-hydrogen) atoms. The van der Waals surface area contributed by atoms with Crippen LogP contribution in [0.5, 0.6) is 11.5 Å². The number of benzene rings is 2. The number of carboxylic acids is 1. The van der Waals surface area contributed by atoms with Gasteiger partial charge in [-0.05, 0) is 35.4 Å². The van der Waals surface area contributed by atoms with E-state index in [0.29, 0.717) is 17.1 Å². The van der Waals surface area contributed by atoms with Crippen molar-refractivity contribution in [1.29, 1.82) is 0 Å². The highest BCUT2D eigenvalue weighted by atomic mass is 32.2. The number of rotatable bonds is 10. The fourth-order valence-electron chi connectivity index (χ4n) is 2.74. The number of methoxy groups -OCH3 is 2. The summed E-state index contributed by atoms with van der Waals surface area (Å²) >= 11 is 0. The van der Waals surface area contributed by atoms with Crippen molar-refractivity contribution in [2.24, 2.45) is 0 Å². The number of carbonyl (C=O) groups excluding carboxylic acids is 1. The molecule has 0 aliphatic carbocycles. The van der Waals surface area contributed by atoms with E-state index in [0.717, 1.165) is 5.56 Å². The Hall–Kier alpha value is -3.11. The van der Waals surface area contributed by atoms with Crippen molar-refractivity contribution < 1.29 is 32.6 Å². The molecule has 1 atom stereocenters. The highest BCUT2D eigenvalue weighted by molar-refractivity contribution is 7.89. The molecule has 162 valence electrons. The molecule has 0 radical (unpaired) electrons. The van der Waals surface area contributed by atoms with E-state index in [1.165, 1.54) is 39.3 Å². The summed E-state index contributed by atoms with van der Waals surface area (Å²) in [4.78, 5) is 22.3. The Kier molecular flexibility index (Phi) is 7.79. The predicted octanol–water partition coefficient (Wildman–Crippen LogP) is 1.83. The lowest BCUT2D eigenvalue weighted by atomic mass is 10.0. The molecule has 10 heteroatoms. The van der Waals surface area contributed by atoms with Crippen LogP contribution in [0.1, 0.15) is 30.5 Å². The zero-order valence-corrected chi connectivity index (χ0v) is 17.7. The molecule has 1 unspecified atom stereocenters. The second-order valence-corrected chi connectivity index (χ2v) is 8.15. The monoisotopic (exact) mass is 436 g/mol. The molecule has 0 saturated carbocycles. The van der Waals surface area contributed by atoms with Gasteiger partial charge < -0.3 is 19.9 Å². The summed E-state index contributed by atoms with van der Waals surface area (Å²) in [5, 5.41) is 11.9. The molecule has 0 heterocycles. The van der Waals surface area contributed by atoms with E-state index in [1.54, 1.807) is 24.3 Å². The SMILES string of the molecule is COc1ccc(C(CC(=O)O)NS(=O)(=O)c2ccc(CNC(C)=O)cc2)cc1OC. The highest BCUT2D eigenvalue weighted by Crippen LogP contribution is 2.31. The number of sulfonamides is 1. The van der Waals surface area contributed by atoms with Gasteiger partial charge in [-0.15, -0.1) is 0 Å². The van der Waals surface area contributed by atoms with Gasteiger partial charge in [0.05, 0.1) is 31.6 Å². The summed E-state index contributed by atoms with van der Waals surface area (Å²) in [7, 11) is -1.12. The number of carbonyl (C=O) groups is 2. The van der Waals surface area contributed by atoms with Gasteiger partial charge in [0.1, 0.15) is 0 Å². The van der Waals surface area contributed by atoms with Crippen molar-refractivity contribution >= 4 is 21.9 Å². The molecule has 0 aliphatic rings. The van der Waals surface area contributed by atoms with E-state index in [9.17, 15) is 23.1 Å². The Morgan fingerprint density at radius 2 is 1.67 bits per heavy atom. The molecule has 0 saturated heterocycles. The smallest absolute Gasteiger partial charge is 0.305 e. The fraction of sp³-hybridized carbons (Fsp3) is 0.300. The van der Waals surface area contributed by atoms with Crippen LogP contribution >= 0.6 is 0 Å². The van der Waals surface area contributed by atoms with Crippen molar-refractivity contribution in [1.82, 2.24) is 10.0 Å². The number of ether oxygens (including phenoxy) is 2. The largest absolute Gasteiger partial charge is 0.493 e. The minimum atomic E-state index is -4.01. The van der Waals surface area contributed by atoms with E-state index in [2.05, 4.69) is 10.0 Å². The average Bonchev–Trinajstić information content (AvgIpc) is 2.71. The second kappa shape index (κ2) is 10.1. The minimum absolute atomic E-state index is 0.0232. The highest BCUT2D eigenvalue weighted by Gasteiger charge is 2.24. The topological polar surface area (TPSA) is 131 Å². The number of carboxylic acid groups (broad SMARTS) is 1. The number of hydrogen-bond acceptors (Lipinski definition) is 6. The van der Waals surface area contributed by atoms with Gasteiger partial charge in [-0.2, -0.15) is 0 Å². The van der Waals surface area contributed by atoms with Gasteiger partial charge in [0.15, 0.2) is 11.5 Å². The lowest BCUT2D eigenvalue weighted by molar-refractivity contribution is -0.137. The molecule has 9 nitrogen and oxygen atoms in total. The van der Waals surface area contributed by atoms with Gasteiger partial charge in [-0.3, -0.25) is 9.59 Å². The van der Waals surface area contributed by atoms with E-state index in [-0.39, 0.29) is 17.3 Å². The minimum Gasteiger partial charge on any atom is -0.493 e. The van der Waals surface area contributed by atoms with E-state index >= 15 is 0 Å². The first kappa shape index (κ1) is 23.2. The third-order valence-corrected chi connectivity index (χ3v) is 5.75. The van der Waals surface area contributed by atoms with Crippen LogP contribution in [-0.4, -0.2) is 39.6 Å². The molecule has 2 aromatic carbocycles. The lowest BCUT2D eigenvalue weighted by Gasteiger charge is -2.19. The van der Waals surface area contributed by atoms with E-state index < -0.39 is 28.5 Å². The van der Waals surface area contributed by atoms with Crippen molar-refractivity contribution in [3.05, 3.63) is 53.6 Å². The second-order valence-electron chi connectivity index (χ2n) is 6.44. The van der Waals surface area contributed by atoms with Crippen LogP contribution in [0.25, 0.3) is 0 Å². The molecule has 2 rings (SSSR count). The molecular weight excluding hydrogens is 412 g/mol. The van der Waals surface area contributed by atoms with Gasteiger partial charge in [0, 0.05) is 13.5 Å². The zero-order valence-electron chi connectivity index (χ0n) is 16.8. The zero-order chi connectivity index (χ0) is 22.3. The number of aliphatic carboxylic acids is 1. The third kappa shape index (κ3) is 6.19. The summed E-state index contributed by atoms with van der Waals surface area (Å²) in [5.74, 6) is -0.567. The van der Waals surface area contributed by atoms with Crippen molar-refractivity contribution in [3.63, 3.8) is 0 Å². The maximum absolute atomic E-state index is 12.8. The first-order valence-electron chi connectivity index (χ1n) is 8.95. The Balaban J connectivity index is 2.29. The molecule has 2 aromatic rings. The van der Waals surface area contributed by atoms with Crippen LogP contribution in [0.2, 0.25) is 0 Å². The maximum atomic E-state index is 12.8. The van der Waals surface area contributed by atoms with E-state index in [1.807, 2.05) is 0 Å². The molecule has 0 spiro atoms. The van der Waals surface area contributed by atoms with Gasteiger partial charge >= 0.3 is 5.97 Å². The average molecular weight is 436 g/mol. The van der Waals surface area contributed by atoms with Crippen LogP contribution in [0.15, 0.2) is 47.4 Å². The Bertz CT molecular complexity index is 1000. The van der Waals surface area contributed by atoms with E-state index in [4.69, 9.17) is 9.47 Å². The van der Waals surface area contributed by atoms with Crippen LogP contribution in [0.4, 0.5) is 0 Å². The lowest BCUT2D eigenvalue weighted by Crippen LogP contribution is -2.30. The quantitative estimate of drug-likeness (QED) is 0.518. The summed E-state index contributed by atoms with van der Waals surface area (Å²) < 4.78 is 38.5. The molecule has 0 fully saturated rings. The van der Waals surface area contributed by atoms with Gasteiger partial charge in [-0.25, -0.2) is 13.1 Å². The Morgan fingerprint density at radius 3 is 2.20 bits per heavy atom. The molecule has 0 aliphatic heterocycles. The standard InChI is InChI=1S/C20H24N2O7S/c1-13(23)21-12-14-4-7-16(8-5-14)30(26,27)22-17(11-20(24)25)15-6-9-18(28-2)19(10-15)29-3/h4-10,17,22H,11-12H2,1-3H3,(H,21,23)(H,24,25). The molecule has 1 amide bonds. The van der Waals surface area contributed by atoms with Gasteiger partial charge in [0.25, 0.3) is 0 Å². The van der Waals surface area contributed by atoms with Crippen LogP contribution in [0, 0.1) is 0 Å². The first-order valence-corrected chi connectivity index (χ1v) is 10.4. The summed E-state index contributed by atoms with van der Waals surface area (Å²) in [6.07, 6.45) is -0.463. The first-order chi connectivity index (χ1) is 14.2.